The molecular weight excluding hydrogens is 286 g/mol. The number of aryl methyl sites for hydroxylation is 1. The smallest absolute Gasteiger partial charge is 0.261 e. The van der Waals surface area contributed by atoms with Crippen LogP contribution in [0.5, 0.6) is 0 Å². The van der Waals surface area contributed by atoms with Crippen LogP contribution in [0.4, 0.5) is 0 Å². The molecule has 1 rings (SSSR count). The molecule has 0 saturated carbocycles. The topological polar surface area (TPSA) is 63.2 Å². The Morgan fingerprint density at radius 2 is 2.00 bits per heavy atom. The van der Waals surface area contributed by atoms with Crippen molar-refractivity contribution in [3.8, 4) is 12.3 Å². The highest BCUT2D eigenvalue weighted by molar-refractivity contribution is 8.13. The first-order valence-corrected chi connectivity index (χ1v) is 7.73. The van der Waals surface area contributed by atoms with Crippen molar-refractivity contribution in [3.05, 3.63) is 29.3 Å². The van der Waals surface area contributed by atoms with Crippen molar-refractivity contribution in [1.29, 1.82) is 0 Å². The quantitative estimate of drug-likeness (QED) is 0.686. The molecule has 0 saturated heterocycles. The molecule has 102 valence electrons. The van der Waals surface area contributed by atoms with Gasteiger partial charge in [0.25, 0.3) is 15.0 Å². The van der Waals surface area contributed by atoms with E-state index in [0.29, 0.717) is 5.56 Å². The molecule has 4 nitrogen and oxygen atoms in total. The molecule has 0 spiro atoms. The van der Waals surface area contributed by atoms with E-state index in [-0.39, 0.29) is 10.5 Å². The summed E-state index contributed by atoms with van der Waals surface area (Å²) >= 11 is 0. The molecule has 0 bridgehead atoms. The van der Waals surface area contributed by atoms with Crippen molar-refractivity contribution in [2.45, 2.75) is 31.2 Å². The zero-order chi connectivity index (χ0) is 14.8. The van der Waals surface area contributed by atoms with E-state index in [9.17, 15) is 13.2 Å². The molecule has 1 amide bonds. The second-order valence-corrected chi connectivity index (χ2v) is 7.20. The summed E-state index contributed by atoms with van der Waals surface area (Å²) in [5.74, 6) is 1.99. The van der Waals surface area contributed by atoms with Gasteiger partial charge in [-0.3, -0.25) is 4.79 Å². The van der Waals surface area contributed by atoms with Gasteiger partial charge in [-0.05, 0) is 38.5 Å². The lowest BCUT2D eigenvalue weighted by Crippen LogP contribution is -2.42. The summed E-state index contributed by atoms with van der Waals surface area (Å²) in [7, 11) is 1.38. The highest BCUT2D eigenvalue weighted by atomic mass is 35.7. The van der Waals surface area contributed by atoms with Crippen LogP contribution in [0.25, 0.3) is 0 Å². The lowest BCUT2D eigenvalue weighted by molar-refractivity contribution is 0.0929. The van der Waals surface area contributed by atoms with E-state index in [0.717, 1.165) is 0 Å². The first-order chi connectivity index (χ1) is 8.57. The molecule has 1 aromatic rings. The molecule has 0 aliphatic rings. The Balaban J connectivity index is 3.22. The third-order valence-corrected chi connectivity index (χ3v) is 3.87. The van der Waals surface area contributed by atoms with Gasteiger partial charge < -0.3 is 5.32 Å². The average molecular weight is 300 g/mol. The third kappa shape index (κ3) is 3.98. The summed E-state index contributed by atoms with van der Waals surface area (Å²) in [6.45, 7) is 5.03. The largest absolute Gasteiger partial charge is 0.336 e. The number of halogens is 1. The highest BCUT2D eigenvalue weighted by Crippen LogP contribution is 2.19. The number of benzene rings is 1. The minimum Gasteiger partial charge on any atom is -0.336 e. The third-order valence-electron chi connectivity index (χ3n) is 2.52. The number of amides is 1. The number of carbonyl (C=O) groups is 1. The molecule has 1 aromatic carbocycles. The number of nitrogens with one attached hydrogen (secondary N) is 1. The highest BCUT2D eigenvalue weighted by Gasteiger charge is 2.21. The Bertz CT molecular complexity index is 657. The molecule has 0 aliphatic heterocycles. The molecule has 6 heteroatoms. The van der Waals surface area contributed by atoms with Gasteiger partial charge in [0, 0.05) is 16.2 Å². The van der Waals surface area contributed by atoms with Crippen LogP contribution in [0.1, 0.15) is 29.8 Å². The summed E-state index contributed by atoms with van der Waals surface area (Å²) in [5, 5.41) is 2.63. The Kier molecular flexibility index (Phi) is 4.28. The van der Waals surface area contributed by atoms with E-state index in [2.05, 4.69) is 11.2 Å². The lowest BCUT2D eigenvalue weighted by atomic mass is 10.0. The van der Waals surface area contributed by atoms with E-state index >= 15 is 0 Å². The van der Waals surface area contributed by atoms with Crippen LogP contribution in [-0.4, -0.2) is 19.9 Å². The van der Waals surface area contributed by atoms with Gasteiger partial charge in [0.05, 0.1) is 10.4 Å². The van der Waals surface area contributed by atoms with Crippen molar-refractivity contribution >= 4 is 25.6 Å². The first-order valence-electron chi connectivity index (χ1n) is 5.42. The van der Waals surface area contributed by atoms with Gasteiger partial charge in [-0.15, -0.1) is 6.42 Å². The van der Waals surface area contributed by atoms with Gasteiger partial charge in [-0.2, -0.15) is 0 Å². The molecular formula is C13H14ClNO3S. The summed E-state index contributed by atoms with van der Waals surface area (Å²) in [6.07, 6.45) is 5.29. The van der Waals surface area contributed by atoms with Gasteiger partial charge in [0.2, 0.25) is 0 Å². The predicted octanol–water partition coefficient (Wildman–Crippen LogP) is 2.06. The fourth-order valence-corrected chi connectivity index (χ4v) is 2.16. The Labute approximate surface area is 117 Å². The van der Waals surface area contributed by atoms with Crippen LogP contribution in [0.3, 0.4) is 0 Å². The standard InChI is InChI=1S/C13H14ClNO3S/c1-5-13(3,4)15-12(16)11-8-10(19(14,17)18)7-6-9(11)2/h1,6-8H,2-4H3,(H,15,16). The van der Waals surface area contributed by atoms with Crippen LogP contribution < -0.4 is 5.32 Å². The van der Waals surface area contributed by atoms with Crippen molar-refractivity contribution < 1.29 is 13.2 Å². The van der Waals surface area contributed by atoms with E-state index in [1.54, 1.807) is 20.8 Å². The summed E-state index contributed by atoms with van der Waals surface area (Å²) < 4.78 is 22.5. The number of hydrogen-bond donors (Lipinski definition) is 1. The second kappa shape index (κ2) is 5.24. The van der Waals surface area contributed by atoms with Crippen molar-refractivity contribution in [2.24, 2.45) is 0 Å². The summed E-state index contributed by atoms with van der Waals surface area (Å²) in [4.78, 5) is 12.0. The Hall–Kier alpha value is -1.51. The van der Waals surface area contributed by atoms with Gasteiger partial charge in [-0.1, -0.05) is 12.0 Å². The summed E-state index contributed by atoms with van der Waals surface area (Å²) in [5.41, 5.74) is 0.0405. The maximum absolute atomic E-state index is 12.1. The van der Waals surface area contributed by atoms with Gasteiger partial charge in [-0.25, -0.2) is 8.42 Å². The molecule has 0 atom stereocenters. The maximum Gasteiger partial charge on any atom is 0.261 e. The number of terminal acetylenes is 1. The average Bonchev–Trinajstić information content (AvgIpc) is 2.27. The fourth-order valence-electron chi connectivity index (χ4n) is 1.38. The zero-order valence-electron chi connectivity index (χ0n) is 10.8. The van der Waals surface area contributed by atoms with Crippen LogP contribution >= 0.6 is 10.7 Å². The second-order valence-electron chi connectivity index (χ2n) is 4.64. The monoisotopic (exact) mass is 299 g/mol. The van der Waals surface area contributed by atoms with Crippen LogP contribution in [0.2, 0.25) is 0 Å². The van der Waals surface area contributed by atoms with E-state index in [1.165, 1.54) is 18.2 Å². The zero-order valence-corrected chi connectivity index (χ0v) is 12.4. The minimum absolute atomic E-state index is 0.122. The molecule has 0 fully saturated rings. The van der Waals surface area contributed by atoms with Gasteiger partial charge in [0.1, 0.15) is 0 Å². The molecule has 0 unspecified atom stereocenters. The van der Waals surface area contributed by atoms with E-state index < -0.39 is 20.5 Å². The normalized spacial score (nSPS) is 11.7. The Morgan fingerprint density at radius 3 is 2.47 bits per heavy atom. The Morgan fingerprint density at radius 1 is 1.42 bits per heavy atom. The molecule has 0 radical (unpaired) electrons. The number of carbonyl (C=O) groups excluding carboxylic acids is 1. The van der Waals surface area contributed by atoms with E-state index in [4.69, 9.17) is 17.1 Å². The summed E-state index contributed by atoms with van der Waals surface area (Å²) in [6, 6.07) is 4.10. The van der Waals surface area contributed by atoms with Crippen molar-refractivity contribution in [2.75, 3.05) is 0 Å². The minimum atomic E-state index is -3.87. The lowest BCUT2D eigenvalue weighted by Gasteiger charge is -2.20. The van der Waals surface area contributed by atoms with Crippen LogP contribution in [0.15, 0.2) is 23.1 Å². The molecule has 19 heavy (non-hydrogen) atoms. The molecule has 0 heterocycles. The van der Waals surface area contributed by atoms with Gasteiger partial charge >= 0.3 is 0 Å². The first kappa shape index (κ1) is 15.5. The maximum atomic E-state index is 12.1. The molecule has 0 aromatic heterocycles. The van der Waals surface area contributed by atoms with Crippen LogP contribution in [0, 0.1) is 19.3 Å². The SMILES string of the molecule is C#CC(C)(C)NC(=O)c1cc(S(=O)(=O)Cl)ccc1C. The molecule has 0 aliphatic carbocycles. The fraction of sp³-hybridized carbons (Fsp3) is 0.308. The van der Waals surface area contributed by atoms with E-state index in [1.807, 2.05) is 0 Å². The van der Waals surface area contributed by atoms with Gasteiger partial charge in [0.15, 0.2) is 0 Å². The number of hydrogen-bond acceptors (Lipinski definition) is 3. The van der Waals surface area contributed by atoms with Crippen molar-refractivity contribution in [1.82, 2.24) is 5.32 Å². The van der Waals surface area contributed by atoms with Crippen LogP contribution in [-0.2, 0) is 9.05 Å². The number of rotatable bonds is 3. The molecule has 1 N–H and O–H groups in total. The predicted molar refractivity (Wildman–Crippen MR) is 74.6 cm³/mol. The van der Waals surface area contributed by atoms with Crippen molar-refractivity contribution in [3.63, 3.8) is 0 Å².